The Balaban J connectivity index is 1.86. The normalized spacial score (nSPS) is 24.5. The molecule has 0 aromatic heterocycles. The number of hydrogen-bond donors (Lipinski definition) is 0. The first-order valence-corrected chi connectivity index (χ1v) is 6.32. The number of likely N-dealkylation sites (N-methyl/N-ethyl adjacent to an activating group) is 1. The summed E-state index contributed by atoms with van der Waals surface area (Å²) < 4.78 is 0. The quantitative estimate of drug-likeness (QED) is 0.700. The molecule has 1 aliphatic heterocycles. The second kappa shape index (κ2) is 4.17. The van der Waals surface area contributed by atoms with E-state index in [-0.39, 0.29) is 0 Å². The molecule has 1 heterocycles. The van der Waals surface area contributed by atoms with Crippen LogP contribution in [0.15, 0.2) is 12.3 Å². The summed E-state index contributed by atoms with van der Waals surface area (Å²) in [6.45, 7) is 10.1. The highest BCUT2D eigenvalue weighted by molar-refractivity contribution is 5.11. The van der Waals surface area contributed by atoms with Gasteiger partial charge in [-0.3, -0.25) is 4.90 Å². The van der Waals surface area contributed by atoms with Gasteiger partial charge in [0.2, 0.25) is 0 Å². The van der Waals surface area contributed by atoms with Crippen molar-refractivity contribution in [1.82, 2.24) is 9.80 Å². The van der Waals surface area contributed by atoms with Gasteiger partial charge >= 0.3 is 0 Å². The Kier molecular flexibility index (Phi) is 3.06. The zero-order valence-electron chi connectivity index (χ0n) is 10.3. The third kappa shape index (κ3) is 2.20. The molecule has 1 saturated carbocycles. The second-order valence-electron chi connectivity index (χ2n) is 5.24. The van der Waals surface area contributed by atoms with Crippen LogP contribution in [0.3, 0.4) is 0 Å². The molecule has 0 amide bonds. The van der Waals surface area contributed by atoms with E-state index in [4.69, 9.17) is 0 Å². The van der Waals surface area contributed by atoms with Crippen LogP contribution in [-0.2, 0) is 0 Å². The Labute approximate surface area is 93.9 Å². The zero-order chi connectivity index (χ0) is 10.9. The maximum atomic E-state index is 4.24. The molecule has 2 rings (SSSR count). The van der Waals surface area contributed by atoms with Gasteiger partial charge in [0.15, 0.2) is 0 Å². The summed E-state index contributed by atoms with van der Waals surface area (Å²) in [6.07, 6.45) is 6.54. The largest absolute Gasteiger partial charge is 0.372 e. The number of piperazine rings is 1. The molecule has 2 aliphatic rings. The molecule has 15 heavy (non-hydrogen) atoms. The van der Waals surface area contributed by atoms with Crippen LogP contribution in [0.1, 0.15) is 39.0 Å². The molecule has 86 valence electrons. The fraction of sp³-hybridized carbons (Fsp3) is 0.846. The number of hydrogen-bond acceptors (Lipinski definition) is 2. The van der Waals surface area contributed by atoms with Gasteiger partial charge in [-0.2, -0.15) is 0 Å². The van der Waals surface area contributed by atoms with E-state index >= 15 is 0 Å². The lowest BCUT2D eigenvalue weighted by Crippen LogP contribution is -2.52. The van der Waals surface area contributed by atoms with Crippen LogP contribution in [0.25, 0.3) is 0 Å². The summed E-state index contributed by atoms with van der Waals surface area (Å²) in [5, 5.41) is 0. The lowest BCUT2D eigenvalue weighted by molar-refractivity contribution is 0.100. The van der Waals surface area contributed by atoms with Crippen LogP contribution in [0.4, 0.5) is 0 Å². The van der Waals surface area contributed by atoms with Gasteiger partial charge in [-0.1, -0.05) is 19.9 Å². The first-order chi connectivity index (χ1) is 7.18. The predicted molar refractivity (Wildman–Crippen MR) is 64.8 cm³/mol. The highest BCUT2D eigenvalue weighted by atomic mass is 15.3. The van der Waals surface area contributed by atoms with Crippen molar-refractivity contribution >= 4 is 0 Å². The molecule has 0 bridgehead atoms. The minimum atomic E-state index is 0.535. The van der Waals surface area contributed by atoms with Crippen molar-refractivity contribution in [2.45, 2.75) is 44.6 Å². The number of nitrogens with zero attached hydrogens (tertiary/aromatic N) is 2. The molecule has 2 fully saturated rings. The maximum Gasteiger partial charge on any atom is 0.0383 e. The number of unbranched alkanes of at least 4 members (excludes halogenated alkanes) is 1. The van der Waals surface area contributed by atoms with Crippen LogP contribution in [0, 0.1) is 0 Å². The van der Waals surface area contributed by atoms with E-state index in [0.29, 0.717) is 5.54 Å². The third-order valence-corrected chi connectivity index (χ3v) is 4.09. The second-order valence-corrected chi connectivity index (χ2v) is 5.24. The summed E-state index contributed by atoms with van der Waals surface area (Å²) in [5.41, 5.74) is 1.91. The van der Waals surface area contributed by atoms with Crippen molar-refractivity contribution in [3.8, 4) is 0 Å². The Morgan fingerprint density at radius 3 is 2.67 bits per heavy atom. The molecule has 0 unspecified atom stereocenters. The van der Waals surface area contributed by atoms with Crippen molar-refractivity contribution in [2.24, 2.45) is 0 Å². The van der Waals surface area contributed by atoms with E-state index in [1.165, 1.54) is 57.4 Å². The fourth-order valence-corrected chi connectivity index (χ4v) is 2.56. The summed E-state index contributed by atoms with van der Waals surface area (Å²) in [6, 6.07) is 0. The topological polar surface area (TPSA) is 6.48 Å². The summed E-state index contributed by atoms with van der Waals surface area (Å²) >= 11 is 0. The molecule has 0 N–H and O–H groups in total. The first-order valence-electron chi connectivity index (χ1n) is 6.32. The summed E-state index contributed by atoms with van der Waals surface area (Å²) in [5.74, 6) is 0. The van der Waals surface area contributed by atoms with Gasteiger partial charge in [0.05, 0.1) is 0 Å². The molecule has 0 aromatic carbocycles. The predicted octanol–water partition coefficient (Wildman–Crippen LogP) is 2.47. The SMILES string of the molecule is C=C(CCCC)N1CCN(C)C2(CC2)C1. The first kappa shape index (κ1) is 11.0. The van der Waals surface area contributed by atoms with E-state index in [1.54, 1.807) is 0 Å². The minimum absolute atomic E-state index is 0.535. The third-order valence-electron chi connectivity index (χ3n) is 4.09. The maximum absolute atomic E-state index is 4.24. The molecule has 0 aromatic rings. The van der Waals surface area contributed by atoms with Gasteiger partial charge in [0.25, 0.3) is 0 Å². The van der Waals surface area contributed by atoms with Crippen molar-refractivity contribution in [3.63, 3.8) is 0 Å². The van der Waals surface area contributed by atoms with E-state index in [1.807, 2.05) is 0 Å². The lowest BCUT2D eigenvalue weighted by Gasteiger charge is -2.42. The Morgan fingerprint density at radius 2 is 2.07 bits per heavy atom. The minimum Gasteiger partial charge on any atom is -0.372 e. The van der Waals surface area contributed by atoms with Crippen LogP contribution in [0.2, 0.25) is 0 Å². The molecular weight excluding hydrogens is 184 g/mol. The standard InChI is InChI=1S/C13H24N2/c1-4-5-6-12(2)15-10-9-14(3)13(11-15)7-8-13/h2,4-11H2,1,3H3. The van der Waals surface area contributed by atoms with E-state index < -0.39 is 0 Å². The van der Waals surface area contributed by atoms with E-state index in [2.05, 4.69) is 30.4 Å². The van der Waals surface area contributed by atoms with Crippen molar-refractivity contribution in [2.75, 3.05) is 26.7 Å². The van der Waals surface area contributed by atoms with E-state index in [0.717, 1.165) is 0 Å². The Bertz CT molecular complexity index is 243. The molecule has 2 heteroatoms. The van der Waals surface area contributed by atoms with Gasteiger partial charge in [-0.25, -0.2) is 0 Å². The van der Waals surface area contributed by atoms with Gasteiger partial charge < -0.3 is 4.90 Å². The van der Waals surface area contributed by atoms with Crippen molar-refractivity contribution < 1.29 is 0 Å². The van der Waals surface area contributed by atoms with Crippen LogP contribution < -0.4 is 0 Å². The van der Waals surface area contributed by atoms with E-state index in [9.17, 15) is 0 Å². The van der Waals surface area contributed by atoms with Gasteiger partial charge in [-0.05, 0) is 32.7 Å². The molecule has 0 radical (unpaired) electrons. The zero-order valence-corrected chi connectivity index (χ0v) is 10.3. The highest BCUT2D eigenvalue weighted by Crippen LogP contribution is 2.43. The number of rotatable bonds is 4. The average Bonchev–Trinajstić information content (AvgIpc) is 3.00. The van der Waals surface area contributed by atoms with Crippen molar-refractivity contribution in [1.29, 1.82) is 0 Å². The lowest BCUT2D eigenvalue weighted by atomic mass is 10.1. The molecule has 2 nitrogen and oxygen atoms in total. The molecule has 0 atom stereocenters. The highest BCUT2D eigenvalue weighted by Gasteiger charge is 2.49. The van der Waals surface area contributed by atoms with Crippen LogP contribution in [-0.4, -0.2) is 42.0 Å². The Morgan fingerprint density at radius 1 is 1.33 bits per heavy atom. The summed E-state index contributed by atoms with van der Waals surface area (Å²) in [4.78, 5) is 5.08. The molecule has 1 spiro atoms. The summed E-state index contributed by atoms with van der Waals surface area (Å²) in [7, 11) is 2.28. The monoisotopic (exact) mass is 208 g/mol. The molecule has 1 aliphatic carbocycles. The fourth-order valence-electron chi connectivity index (χ4n) is 2.56. The van der Waals surface area contributed by atoms with Crippen molar-refractivity contribution in [3.05, 3.63) is 12.3 Å². The average molecular weight is 208 g/mol. The van der Waals surface area contributed by atoms with Crippen LogP contribution in [0.5, 0.6) is 0 Å². The van der Waals surface area contributed by atoms with Crippen LogP contribution >= 0.6 is 0 Å². The number of allylic oxidation sites excluding steroid dienone is 1. The molecule has 1 saturated heterocycles. The van der Waals surface area contributed by atoms with Gasteiger partial charge in [-0.15, -0.1) is 0 Å². The smallest absolute Gasteiger partial charge is 0.0383 e. The Hall–Kier alpha value is -0.500. The van der Waals surface area contributed by atoms with Gasteiger partial charge in [0.1, 0.15) is 0 Å². The molecular formula is C13H24N2. The van der Waals surface area contributed by atoms with Gasteiger partial charge in [0, 0.05) is 30.9 Å².